The van der Waals surface area contributed by atoms with Crippen LogP contribution in [0.5, 0.6) is 0 Å². The van der Waals surface area contributed by atoms with E-state index in [0.717, 1.165) is 0 Å². The molecule has 1 N–H and O–H groups in total. The molecule has 0 aromatic rings. The number of alkyl carbamates (subject to hydrolysis) is 1. The molecule has 0 bridgehead atoms. The zero-order chi connectivity index (χ0) is 33.3. The maximum absolute atomic E-state index is 13.2. The van der Waals surface area contributed by atoms with E-state index in [1.54, 1.807) is 40.0 Å². The Morgan fingerprint density at radius 3 is 1.69 bits per heavy atom. The first-order valence-electron chi connectivity index (χ1n) is 14.7. The monoisotopic (exact) mass is 629 g/mol. The molecule has 244 valence electrons. The van der Waals surface area contributed by atoms with Gasteiger partial charge in [-0.1, -0.05) is 48.5 Å². The fraction of sp³-hybridized carbons (Fsp3) is 0.774. The lowest BCUT2D eigenvalue weighted by molar-refractivity contribution is -0.161. The SMILES string of the molecule is C[CH][CH][CH][CH][C@H](OC(C)=O)[C@@H](NC(=O)OC(C)(C)C)[C@H](OC(C)=O)[C@@H](CO[Si](C)(C)C(C)(C)C)O[Si](C)(C)C(C)(C)C. The second-order valence-electron chi connectivity index (χ2n) is 14.7. The summed E-state index contributed by atoms with van der Waals surface area (Å²) in [6.07, 6.45) is 3.27. The maximum atomic E-state index is 13.2. The van der Waals surface area contributed by atoms with E-state index in [-0.39, 0.29) is 16.7 Å². The Morgan fingerprint density at radius 2 is 1.29 bits per heavy atom. The van der Waals surface area contributed by atoms with E-state index in [4.69, 9.17) is 23.1 Å². The van der Waals surface area contributed by atoms with Crippen molar-refractivity contribution in [1.29, 1.82) is 0 Å². The zero-order valence-electron chi connectivity index (χ0n) is 29.1. The zero-order valence-corrected chi connectivity index (χ0v) is 31.1. The molecule has 0 unspecified atom stereocenters. The molecule has 0 saturated carbocycles. The molecular formula is C31H59NO8Si2. The molecule has 0 aromatic carbocycles. The summed E-state index contributed by atoms with van der Waals surface area (Å²) in [5, 5.41) is 2.57. The van der Waals surface area contributed by atoms with Crippen LogP contribution >= 0.6 is 0 Å². The number of esters is 2. The summed E-state index contributed by atoms with van der Waals surface area (Å²) in [6.45, 7) is 31.0. The van der Waals surface area contributed by atoms with Gasteiger partial charge in [-0.05, 0) is 76.3 Å². The van der Waals surface area contributed by atoms with Crippen LogP contribution < -0.4 is 5.32 Å². The molecule has 4 radical (unpaired) electrons. The van der Waals surface area contributed by atoms with Gasteiger partial charge in [-0.3, -0.25) is 9.59 Å². The second kappa shape index (κ2) is 16.0. The van der Waals surface area contributed by atoms with E-state index in [1.807, 2.05) is 13.3 Å². The van der Waals surface area contributed by atoms with Gasteiger partial charge in [-0.2, -0.15) is 0 Å². The number of unbranched alkanes of at least 4 members (excludes halogenated alkanes) is 2. The summed E-state index contributed by atoms with van der Waals surface area (Å²) in [5.74, 6) is -1.15. The summed E-state index contributed by atoms with van der Waals surface area (Å²) in [4.78, 5) is 38.1. The number of carbonyl (C=O) groups excluding carboxylic acids is 3. The molecule has 9 nitrogen and oxygen atoms in total. The molecule has 42 heavy (non-hydrogen) atoms. The summed E-state index contributed by atoms with van der Waals surface area (Å²) >= 11 is 0. The van der Waals surface area contributed by atoms with Gasteiger partial charge >= 0.3 is 18.0 Å². The van der Waals surface area contributed by atoms with Gasteiger partial charge in [0.1, 0.15) is 23.9 Å². The Morgan fingerprint density at radius 1 is 0.786 bits per heavy atom. The fourth-order valence-electron chi connectivity index (χ4n) is 3.33. The third-order valence-corrected chi connectivity index (χ3v) is 16.6. The van der Waals surface area contributed by atoms with Gasteiger partial charge in [0, 0.05) is 20.3 Å². The highest BCUT2D eigenvalue weighted by Crippen LogP contribution is 2.40. The van der Waals surface area contributed by atoms with Crippen LogP contribution in [0, 0.1) is 25.7 Å². The number of hydrogen-bond acceptors (Lipinski definition) is 8. The number of carbonyl (C=O) groups is 3. The first-order chi connectivity index (χ1) is 18.7. The molecule has 1 amide bonds. The largest absolute Gasteiger partial charge is 0.460 e. The van der Waals surface area contributed by atoms with Crippen molar-refractivity contribution in [2.75, 3.05) is 6.61 Å². The maximum Gasteiger partial charge on any atom is 0.408 e. The molecular weight excluding hydrogens is 571 g/mol. The minimum absolute atomic E-state index is 0.0882. The van der Waals surface area contributed by atoms with Crippen LogP contribution in [0.25, 0.3) is 0 Å². The van der Waals surface area contributed by atoms with Crippen molar-refractivity contribution in [3.8, 4) is 0 Å². The molecule has 0 aliphatic rings. The Hall–Kier alpha value is -1.44. The van der Waals surface area contributed by atoms with Crippen molar-refractivity contribution in [2.45, 2.75) is 149 Å². The smallest absolute Gasteiger partial charge is 0.408 e. The van der Waals surface area contributed by atoms with Crippen molar-refractivity contribution in [1.82, 2.24) is 5.32 Å². The van der Waals surface area contributed by atoms with Gasteiger partial charge in [-0.15, -0.1) is 0 Å². The standard InChI is InChI=1S/C31H59NO8Si2/c1-17-18-19-20-24(37-22(2)33)26(32-28(35)39-29(4,5)6)27(38-23(3)34)25(40-42(15,16)31(10,11)12)21-36-41(13,14)30(7,8)9/h17-20,24-27H,21H2,1-16H3,(H,32,35)/t24-,25+,26+,27+/m0/s1. The van der Waals surface area contributed by atoms with Crippen molar-refractivity contribution in [3.05, 3.63) is 25.7 Å². The van der Waals surface area contributed by atoms with E-state index in [9.17, 15) is 14.4 Å². The van der Waals surface area contributed by atoms with Crippen LogP contribution in [-0.2, 0) is 32.7 Å². The summed E-state index contributed by atoms with van der Waals surface area (Å²) in [6, 6.07) is -1.06. The first-order valence-corrected chi connectivity index (χ1v) is 20.5. The van der Waals surface area contributed by atoms with E-state index < -0.39 is 64.6 Å². The van der Waals surface area contributed by atoms with Crippen molar-refractivity contribution in [2.24, 2.45) is 0 Å². The Balaban J connectivity index is 7.09. The lowest BCUT2D eigenvalue weighted by atomic mass is 9.95. The quantitative estimate of drug-likeness (QED) is 0.0893. The van der Waals surface area contributed by atoms with Gasteiger partial charge in [0.05, 0.1) is 6.61 Å². The van der Waals surface area contributed by atoms with E-state index in [2.05, 4.69) is 73.0 Å². The van der Waals surface area contributed by atoms with Crippen LogP contribution in [0.1, 0.15) is 83.1 Å². The lowest BCUT2D eigenvalue weighted by Gasteiger charge is -2.45. The fourth-order valence-corrected chi connectivity index (χ4v) is 5.66. The Kier molecular flexibility index (Phi) is 15.5. The number of amides is 1. The predicted octanol–water partition coefficient (Wildman–Crippen LogP) is 6.99. The van der Waals surface area contributed by atoms with E-state index >= 15 is 0 Å². The molecule has 0 fully saturated rings. The molecule has 0 heterocycles. The van der Waals surface area contributed by atoms with Gasteiger partial charge in [0.15, 0.2) is 22.7 Å². The highest BCUT2D eigenvalue weighted by Gasteiger charge is 2.48. The van der Waals surface area contributed by atoms with Crippen molar-refractivity contribution < 1.29 is 37.4 Å². The molecule has 11 heteroatoms. The van der Waals surface area contributed by atoms with Crippen molar-refractivity contribution in [3.63, 3.8) is 0 Å². The topological polar surface area (TPSA) is 109 Å². The summed E-state index contributed by atoms with van der Waals surface area (Å²) in [7, 11) is -4.76. The van der Waals surface area contributed by atoms with Crippen LogP contribution in [0.4, 0.5) is 4.79 Å². The summed E-state index contributed by atoms with van der Waals surface area (Å²) in [5.41, 5.74) is -0.800. The van der Waals surface area contributed by atoms with E-state index in [1.165, 1.54) is 13.8 Å². The molecule has 0 aromatic heterocycles. The van der Waals surface area contributed by atoms with Gasteiger partial charge < -0.3 is 28.4 Å². The highest BCUT2D eigenvalue weighted by atomic mass is 28.4. The van der Waals surface area contributed by atoms with E-state index in [0.29, 0.717) is 0 Å². The minimum Gasteiger partial charge on any atom is -0.460 e. The minimum atomic E-state index is -2.48. The van der Waals surface area contributed by atoms with Gasteiger partial charge in [-0.25, -0.2) is 4.79 Å². The molecule has 0 rings (SSSR count). The number of nitrogens with one attached hydrogen (secondary N) is 1. The molecule has 0 aliphatic carbocycles. The second-order valence-corrected chi connectivity index (χ2v) is 24.3. The number of rotatable bonds is 15. The average Bonchev–Trinajstić information content (AvgIpc) is 2.75. The van der Waals surface area contributed by atoms with Gasteiger partial charge in [0.25, 0.3) is 0 Å². The van der Waals surface area contributed by atoms with Crippen LogP contribution in [0.3, 0.4) is 0 Å². The molecule has 0 saturated heterocycles. The average molecular weight is 630 g/mol. The van der Waals surface area contributed by atoms with Crippen LogP contribution in [-0.4, -0.2) is 71.2 Å². The van der Waals surface area contributed by atoms with Crippen LogP contribution in [0.15, 0.2) is 0 Å². The highest BCUT2D eigenvalue weighted by molar-refractivity contribution is 6.74. The lowest BCUT2D eigenvalue weighted by Crippen LogP contribution is -2.61. The normalized spacial score (nSPS) is 16.2. The third-order valence-electron chi connectivity index (χ3n) is 7.63. The van der Waals surface area contributed by atoms with Crippen molar-refractivity contribution >= 4 is 34.7 Å². The third kappa shape index (κ3) is 14.4. The number of ether oxygens (including phenoxy) is 3. The molecule has 4 atom stereocenters. The van der Waals surface area contributed by atoms with Gasteiger partial charge in [0.2, 0.25) is 0 Å². The molecule has 0 spiro atoms. The first kappa shape index (κ1) is 40.6. The Labute approximate surface area is 258 Å². The van der Waals surface area contributed by atoms with Crippen LogP contribution in [0.2, 0.25) is 36.3 Å². The molecule has 0 aliphatic heterocycles. The summed E-state index contributed by atoms with van der Waals surface area (Å²) < 4.78 is 30.8. The Bertz CT molecular complexity index is 872. The predicted molar refractivity (Wildman–Crippen MR) is 172 cm³/mol. The number of hydrogen-bond donors (Lipinski definition) is 1.